The van der Waals surface area contributed by atoms with Crippen LogP contribution in [0.25, 0.3) is 22.2 Å². The number of nitrogens with zero attached hydrogens (tertiary/aromatic N) is 3. The van der Waals surface area contributed by atoms with Gasteiger partial charge >= 0.3 is 5.76 Å². The number of ether oxygens (including phenoxy) is 1. The standard InChI is InChI=1S/C27H22N4O4/c1-16(26-29-27(33)35-30-26)25-19-11-10-17(12-18(19)15-34-23-9-5-2-6-20(23)25)13-31-22-8-4-3-7-21(22)28-24(31)14-32/h2-12,32H,13-15H2,1H3,(H,29,30,33)/b25-16-. The summed E-state index contributed by atoms with van der Waals surface area (Å²) in [5.74, 6) is 1.17. The Kier molecular flexibility index (Phi) is 5.08. The van der Waals surface area contributed by atoms with E-state index in [9.17, 15) is 9.90 Å². The Morgan fingerprint density at radius 3 is 2.74 bits per heavy atom. The summed E-state index contributed by atoms with van der Waals surface area (Å²) in [6, 6.07) is 22.0. The van der Waals surface area contributed by atoms with Gasteiger partial charge in [-0.05, 0) is 53.5 Å². The zero-order valence-corrected chi connectivity index (χ0v) is 19.0. The third kappa shape index (κ3) is 3.64. The molecule has 1 aliphatic heterocycles. The van der Waals surface area contributed by atoms with Gasteiger partial charge in [-0.15, -0.1) is 0 Å². The molecular weight excluding hydrogens is 444 g/mol. The van der Waals surface area contributed by atoms with Gasteiger partial charge in [0.05, 0.1) is 11.0 Å². The number of aliphatic hydroxyl groups excluding tert-OH is 1. The van der Waals surface area contributed by atoms with Crippen molar-refractivity contribution in [1.29, 1.82) is 0 Å². The van der Waals surface area contributed by atoms with Crippen LogP contribution < -0.4 is 10.5 Å². The van der Waals surface area contributed by atoms with Gasteiger partial charge in [-0.2, -0.15) is 0 Å². The number of allylic oxidation sites excluding steroid dienone is 1. The summed E-state index contributed by atoms with van der Waals surface area (Å²) in [7, 11) is 0. The summed E-state index contributed by atoms with van der Waals surface area (Å²) in [4.78, 5) is 18.8. The van der Waals surface area contributed by atoms with Crippen molar-refractivity contribution in [2.45, 2.75) is 26.7 Å². The van der Waals surface area contributed by atoms with Gasteiger partial charge in [0.15, 0.2) is 5.82 Å². The molecule has 8 heteroatoms. The van der Waals surface area contributed by atoms with E-state index in [0.717, 1.165) is 50.2 Å². The van der Waals surface area contributed by atoms with E-state index in [-0.39, 0.29) is 6.61 Å². The first kappa shape index (κ1) is 21.1. The number of aromatic nitrogens is 4. The average molecular weight is 466 g/mol. The second-order valence-corrected chi connectivity index (χ2v) is 8.48. The van der Waals surface area contributed by atoms with E-state index in [2.05, 4.69) is 33.3 Å². The monoisotopic (exact) mass is 466 g/mol. The quantitative estimate of drug-likeness (QED) is 0.413. The van der Waals surface area contributed by atoms with Crippen LogP contribution in [0.3, 0.4) is 0 Å². The number of fused-ring (bicyclic) bond motifs is 3. The lowest BCUT2D eigenvalue weighted by Crippen LogP contribution is -2.07. The summed E-state index contributed by atoms with van der Waals surface area (Å²) in [6.07, 6.45) is 0. The van der Waals surface area contributed by atoms with E-state index in [0.29, 0.717) is 24.8 Å². The van der Waals surface area contributed by atoms with Crippen LogP contribution in [0.1, 0.15) is 40.8 Å². The lowest BCUT2D eigenvalue weighted by molar-refractivity contribution is 0.267. The van der Waals surface area contributed by atoms with E-state index >= 15 is 0 Å². The minimum absolute atomic E-state index is 0.139. The zero-order valence-electron chi connectivity index (χ0n) is 19.0. The molecule has 0 aliphatic carbocycles. The first-order valence-electron chi connectivity index (χ1n) is 11.3. The van der Waals surface area contributed by atoms with Gasteiger partial charge < -0.3 is 14.4 Å². The fourth-order valence-electron chi connectivity index (χ4n) is 4.73. The fourth-order valence-corrected chi connectivity index (χ4v) is 4.73. The van der Waals surface area contributed by atoms with Crippen LogP contribution in [-0.2, 0) is 19.8 Å². The van der Waals surface area contributed by atoms with Crippen molar-refractivity contribution in [2.24, 2.45) is 0 Å². The van der Waals surface area contributed by atoms with Gasteiger partial charge in [0.25, 0.3) is 0 Å². The van der Waals surface area contributed by atoms with Crippen LogP contribution in [0.2, 0.25) is 0 Å². The summed E-state index contributed by atoms with van der Waals surface area (Å²) in [5, 5.41) is 13.8. The second-order valence-electron chi connectivity index (χ2n) is 8.48. The van der Waals surface area contributed by atoms with Crippen LogP contribution >= 0.6 is 0 Å². The van der Waals surface area contributed by atoms with Crippen LogP contribution in [0, 0.1) is 0 Å². The van der Waals surface area contributed by atoms with Gasteiger partial charge in [-0.25, -0.2) is 9.78 Å². The SMILES string of the molecule is C/C(=C1\c2ccc(Cn3c(CO)nc4ccccc43)cc2COc2ccccc21)c1noc(=O)[nH]1. The number of H-pyrrole nitrogens is 1. The summed E-state index contributed by atoms with van der Waals surface area (Å²) in [5.41, 5.74) is 7.52. The van der Waals surface area contributed by atoms with Crippen LogP contribution in [0.5, 0.6) is 5.75 Å². The Morgan fingerprint density at radius 1 is 1.09 bits per heavy atom. The molecule has 0 radical (unpaired) electrons. The predicted molar refractivity (Wildman–Crippen MR) is 131 cm³/mol. The van der Waals surface area contributed by atoms with Crippen molar-refractivity contribution in [3.8, 4) is 5.75 Å². The third-order valence-electron chi connectivity index (χ3n) is 6.36. The van der Waals surface area contributed by atoms with Gasteiger partial charge in [-0.3, -0.25) is 9.51 Å². The minimum atomic E-state index is -0.596. The highest BCUT2D eigenvalue weighted by Crippen LogP contribution is 2.40. The molecule has 0 bridgehead atoms. The average Bonchev–Trinajstić information content (AvgIpc) is 3.43. The number of aliphatic hydroxyl groups is 1. The van der Waals surface area contributed by atoms with Gasteiger partial charge in [0.1, 0.15) is 24.8 Å². The highest BCUT2D eigenvalue weighted by molar-refractivity contribution is 5.99. The molecule has 6 rings (SSSR count). The first-order chi connectivity index (χ1) is 17.1. The molecule has 0 saturated heterocycles. The molecule has 0 fully saturated rings. The highest BCUT2D eigenvalue weighted by atomic mass is 16.5. The largest absolute Gasteiger partial charge is 0.488 e. The summed E-state index contributed by atoms with van der Waals surface area (Å²) < 4.78 is 13.0. The Hall–Kier alpha value is -4.43. The molecule has 0 amide bonds. The molecule has 2 aromatic heterocycles. The van der Waals surface area contributed by atoms with Crippen LogP contribution in [0.15, 0.2) is 76.0 Å². The Bertz CT molecular complexity index is 1660. The Labute approximate surface area is 200 Å². The van der Waals surface area contributed by atoms with Crippen molar-refractivity contribution in [3.63, 3.8) is 0 Å². The molecule has 0 spiro atoms. The van der Waals surface area contributed by atoms with Gasteiger partial charge in [0, 0.05) is 17.7 Å². The molecule has 1 aliphatic rings. The molecule has 0 atom stereocenters. The van der Waals surface area contributed by atoms with Crippen molar-refractivity contribution >= 4 is 22.2 Å². The van der Waals surface area contributed by atoms with Crippen molar-refractivity contribution in [3.05, 3.63) is 111 Å². The number of imidazole rings is 1. The Balaban J connectivity index is 1.49. The number of hydrogen-bond donors (Lipinski definition) is 2. The maximum atomic E-state index is 11.6. The van der Waals surface area contributed by atoms with E-state index < -0.39 is 5.76 Å². The highest BCUT2D eigenvalue weighted by Gasteiger charge is 2.23. The number of rotatable bonds is 4. The number of benzene rings is 3. The molecule has 174 valence electrons. The molecule has 0 saturated carbocycles. The third-order valence-corrected chi connectivity index (χ3v) is 6.36. The van der Waals surface area contributed by atoms with E-state index in [1.807, 2.05) is 60.0 Å². The van der Waals surface area contributed by atoms with Crippen LogP contribution in [-0.4, -0.2) is 24.8 Å². The molecular formula is C27H22N4O4. The zero-order chi connectivity index (χ0) is 23.9. The maximum Gasteiger partial charge on any atom is 0.439 e. The topological polar surface area (TPSA) is 106 Å². The van der Waals surface area contributed by atoms with Crippen molar-refractivity contribution in [2.75, 3.05) is 0 Å². The van der Waals surface area contributed by atoms with E-state index in [1.165, 1.54) is 0 Å². The Morgan fingerprint density at radius 2 is 1.91 bits per heavy atom. The molecule has 2 N–H and O–H groups in total. The smallest absolute Gasteiger partial charge is 0.439 e. The molecule has 8 nitrogen and oxygen atoms in total. The van der Waals surface area contributed by atoms with E-state index in [4.69, 9.17) is 9.26 Å². The molecule has 35 heavy (non-hydrogen) atoms. The molecule has 5 aromatic rings. The number of nitrogens with one attached hydrogen (secondary N) is 1. The maximum absolute atomic E-state index is 11.6. The molecule has 3 heterocycles. The fraction of sp³-hybridized carbons (Fsp3) is 0.148. The summed E-state index contributed by atoms with van der Waals surface area (Å²) in [6.45, 7) is 2.73. The number of aromatic amines is 1. The van der Waals surface area contributed by atoms with Crippen molar-refractivity contribution in [1.82, 2.24) is 19.7 Å². The molecule has 0 unspecified atom stereocenters. The van der Waals surface area contributed by atoms with Gasteiger partial charge in [-0.1, -0.05) is 47.6 Å². The van der Waals surface area contributed by atoms with E-state index in [1.54, 1.807) is 0 Å². The van der Waals surface area contributed by atoms with Crippen LogP contribution in [0.4, 0.5) is 0 Å². The predicted octanol–water partition coefficient (Wildman–Crippen LogP) is 4.12. The lowest BCUT2D eigenvalue weighted by Gasteiger charge is -2.15. The number of para-hydroxylation sites is 3. The minimum Gasteiger partial charge on any atom is -0.488 e. The van der Waals surface area contributed by atoms with Gasteiger partial charge in [0.2, 0.25) is 0 Å². The number of hydrogen-bond acceptors (Lipinski definition) is 6. The first-order valence-corrected chi connectivity index (χ1v) is 11.3. The second kappa shape index (κ2) is 8.41. The van der Waals surface area contributed by atoms with Crippen molar-refractivity contribution < 1.29 is 14.4 Å². The lowest BCUT2D eigenvalue weighted by atomic mass is 9.89. The molecule has 3 aromatic carbocycles. The summed E-state index contributed by atoms with van der Waals surface area (Å²) >= 11 is 0. The normalized spacial score (nSPS) is 14.2.